The molecule has 194 valence electrons. The predicted molar refractivity (Wildman–Crippen MR) is 146 cm³/mol. The number of ether oxygens (including phenoxy) is 3. The molecule has 5 rings (SSSR count). The second-order valence-corrected chi connectivity index (χ2v) is 10.2. The van der Waals surface area contributed by atoms with Gasteiger partial charge in [0.25, 0.3) is 17.1 Å². The Kier molecular flexibility index (Phi) is 7.31. The molecule has 1 saturated heterocycles. The van der Waals surface area contributed by atoms with Gasteiger partial charge in [0, 0.05) is 16.8 Å². The molecule has 38 heavy (non-hydrogen) atoms. The Labute approximate surface area is 228 Å². The molecule has 0 radical (unpaired) electrons. The zero-order chi connectivity index (χ0) is 26.8. The molecule has 8 nitrogen and oxygen atoms in total. The highest BCUT2D eigenvalue weighted by atomic mass is 35.5. The van der Waals surface area contributed by atoms with Gasteiger partial charge in [-0.2, -0.15) is 0 Å². The van der Waals surface area contributed by atoms with E-state index in [2.05, 4.69) is 5.32 Å². The summed E-state index contributed by atoms with van der Waals surface area (Å²) in [4.78, 5) is 39.4. The first-order chi connectivity index (χ1) is 18.3. The number of thioether (sulfide) groups is 1. The van der Waals surface area contributed by atoms with Crippen molar-refractivity contribution in [1.82, 2.24) is 4.90 Å². The standard InChI is InChI=1S/C28H23ClN2O6S/c1-16-6-7-22(17(2)8-16)30-26(32)14-35-20-5-3-4-18(9-20)10-25-27(33)31(28(34)38-25)13-19-11-23-24(12-21(19)29)37-15-36-23/h3-12H,13-15H2,1-2H3,(H,30,32)/b25-10-. The fourth-order valence-corrected chi connectivity index (χ4v) is 5.07. The SMILES string of the molecule is Cc1ccc(NC(=O)COc2cccc(/C=C3\SC(=O)N(Cc4cc5c(cc4Cl)OCO5)C3=O)c2)c(C)c1. The van der Waals surface area contributed by atoms with E-state index in [0.29, 0.717) is 33.4 Å². The first kappa shape index (κ1) is 25.7. The smallest absolute Gasteiger partial charge is 0.293 e. The van der Waals surface area contributed by atoms with Crippen LogP contribution in [0.4, 0.5) is 10.5 Å². The number of amides is 3. The first-order valence-electron chi connectivity index (χ1n) is 11.7. The lowest BCUT2D eigenvalue weighted by Gasteiger charge is -2.14. The van der Waals surface area contributed by atoms with Gasteiger partial charge in [0.05, 0.1) is 11.4 Å². The van der Waals surface area contributed by atoms with Crippen LogP contribution in [-0.2, 0) is 16.1 Å². The third kappa shape index (κ3) is 5.64. The molecule has 1 N–H and O–H groups in total. The molecule has 0 atom stereocenters. The summed E-state index contributed by atoms with van der Waals surface area (Å²) >= 11 is 7.18. The summed E-state index contributed by atoms with van der Waals surface area (Å²) in [5.41, 5.74) is 4.05. The average Bonchev–Trinajstić information content (AvgIpc) is 3.44. The molecule has 10 heteroatoms. The van der Waals surface area contributed by atoms with Gasteiger partial charge in [-0.05, 0) is 72.6 Å². The van der Waals surface area contributed by atoms with Gasteiger partial charge in [0.15, 0.2) is 18.1 Å². The van der Waals surface area contributed by atoms with Gasteiger partial charge in [-0.3, -0.25) is 19.3 Å². The van der Waals surface area contributed by atoms with Crippen molar-refractivity contribution in [1.29, 1.82) is 0 Å². The molecule has 2 aliphatic rings. The Balaban J connectivity index is 1.23. The largest absolute Gasteiger partial charge is 0.484 e. The number of imide groups is 1. The molecule has 0 aliphatic carbocycles. The number of benzene rings is 3. The summed E-state index contributed by atoms with van der Waals surface area (Å²) < 4.78 is 16.3. The number of rotatable bonds is 7. The minimum Gasteiger partial charge on any atom is -0.484 e. The van der Waals surface area contributed by atoms with Gasteiger partial charge in [0.2, 0.25) is 6.79 Å². The number of nitrogens with one attached hydrogen (secondary N) is 1. The fraction of sp³-hybridized carbons (Fsp3) is 0.179. The number of fused-ring (bicyclic) bond motifs is 1. The van der Waals surface area contributed by atoms with Gasteiger partial charge < -0.3 is 19.5 Å². The molecule has 3 amide bonds. The zero-order valence-electron chi connectivity index (χ0n) is 20.6. The van der Waals surface area contributed by atoms with Crippen LogP contribution in [0.3, 0.4) is 0 Å². The number of halogens is 1. The maximum atomic E-state index is 13.0. The Bertz CT molecular complexity index is 1490. The summed E-state index contributed by atoms with van der Waals surface area (Å²) in [5, 5.41) is 2.82. The van der Waals surface area contributed by atoms with E-state index in [0.717, 1.165) is 33.5 Å². The van der Waals surface area contributed by atoms with E-state index in [9.17, 15) is 14.4 Å². The van der Waals surface area contributed by atoms with Crippen LogP contribution in [0.5, 0.6) is 17.2 Å². The van der Waals surface area contributed by atoms with E-state index in [1.807, 2.05) is 32.0 Å². The molecule has 3 aromatic rings. The van der Waals surface area contributed by atoms with Crippen molar-refractivity contribution in [3.8, 4) is 17.2 Å². The summed E-state index contributed by atoms with van der Waals surface area (Å²) in [5.74, 6) is 0.795. The highest BCUT2D eigenvalue weighted by Crippen LogP contribution is 2.39. The molecule has 2 heterocycles. The monoisotopic (exact) mass is 550 g/mol. The molecular formula is C28H23ClN2O6S. The lowest BCUT2D eigenvalue weighted by atomic mass is 10.1. The molecule has 0 aromatic heterocycles. The van der Waals surface area contributed by atoms with E-state index in [4.69, 9.17) is 25.8 Å². The maximum Gasteiger partial charge on any atom is 0.293 e. The van der Waals surface area contributed by atoms with Gasteiger partial charge in [-0.1, -0.05) is 41.4 Å². The van der Waals surface area contributed by atoms with Crippen LogP contribution >= 0.6 is 23.4 Å². The molecule has 1 fully saturated rings. The van der Waals surface area contributed by atoms with Crippen LogP contribution in [0.2, 0.25) is 5.02 Å². The van der Waals surface area contributed by atoms with Crippen LogP contribution in [0, 0.1) is 13.8 Å². The molecule has 0 unspecified atom stereocenters. The second kappa shape index (κ2) is 10.8. The number of carbonyl (C=O) groups excluding carboxylic acids is 3. The Morgan fingerprint density at radius 1 is 1.11 bits per heavy atom. The van der Waals surface area contributed by atoms with Crippen molar-refractivity contribution in [2.45, 2.75) is 20.4 Å². The Hall–Kier alpha value is -3.95. The second-order valence-electron chi connectivity index (χ2n) is 8.79. The number of nitrogens with zero attached hydrogens (tertiary/aromatic N) is 1. The summed E-state index contributed by atoms with van der Waals surface area (Å²) in [7, 11) is 0. The van der Waals surface area contributed by atoms with Crippen molar-refractivity contribution in [3.63, 3.8) is 0 Å². The van der Waals surface area contributed by atoms with Gasteiger partial charge in [-0.15, -0.1) is 0 Å². The molecule has 2 aliphatic heterocycles. The first-order valence-corrected chi connectivity index (χ1v) is 12.9. The number of anilines is 1. The summed E-state index contributed by atoms with van der Waals surface area (Å²) in [6.45, 7) is 3.85. The third-order valence-corrected chi connectivity index (χ3v) is 7.18. The van der Waals surface area contributed by atoms with Crippen molar-refractivity contribution >= 4 is 52.2 Å². The Morgan fingerprint density at radius 2 is 1.89 bits per heavy atom. The maximum absolute atomic E-state index is 13.0. The van der Waals surface area contributed by atoms with Crippen molar-refractivity contribution < 1.29 is 28.6 Å². The number of hydrogen-bond acceptors (Lipinski definition) is 7. The average molecular weight is 551 g/mol. The summed E-state index contributed by atoms with van der Waals surface area (Å²) in [6.07, 6.45) is 1.62. The minimum atomic E-state index is -0.423. The minimum absolute atomic E-state index is 0.0101. The van der Waals surface area contributed by atoms with Crippen molar-refractivity contribution in [2.75, 3.05) is 18.7 Å². The van der Waals surface area contributed by atoms with Crippen LogP contribution < -0.4 is 19.5 Å². The number of aryl methyl sites for hydroxylation is 2. The quantitative estimate of drug-likeness (QED) is 0.364. The van der Waals surface area contributed by atoms with E-state index in [1.165, 1.54) is 0 Å². The summed E-state index contributed by atoms with van der Waals surface area (Å²) in [6, 6.07) is 16.0. The normalized spacial score (nSPS) is 15.3. The lowest BCUT2D eigenvalue weighted by molar-refractivity contribution is -0.123. The highest BCUT2D eigenvalue weighted by Gasteiger charge is 2.35. The number of carbonyl (C=O) groups is 3. The van der Waals surface area contributed by atoms with E-state index >= 15 is 0 Å². The molecule has 0 spiro atoms. The zero-order valence-corrected chi connectivity index (χ0v) is 22.2. The van der Waals surface area contributed by atoms with E-state index < -0.39 is 11.1 Å². The van der Waals surface area contributed by atoms with Gasteiger partial charge in [-0.25, -0.2) is 0 Å². The van der Waals surface area contributed by atoms with Crippen LogP contribution in [0.25, 0.3) is 6.08 Å². The molecule has 0 bridgehead atoms. The van der Waals surface area contributed by atoms with Crippen molar-refractivity contribution in [2.24, 2.45) is 0 Å². The molecule has 3 aromatic carbocycles. The topological polar surface area (TPSA) is 94.2 Å². The van der Waals surface area contributed by atoms with E-state index in [-0.39, 0.29) is 30.8 Å². The molecule has 0 saturated carbocycles. The van der Waals surface area contributed by atoms with E-state index in [1.54, 1.807) is 42.5 Å². The fourth-order valence-electron chi connectivity index (χ4n) is 4.02. The van der Waals surface area contributed by atoms with Gasteiger partial charge >= 0.3 is 0 Å². The van der Waals surface area contributed by atoms with Crippen molar-refractivity contribution in [3.05, 3.63) is 86.8 Å². The molecular weight excluding hydrogens is 528 g/mol. The predicted octanol–water partition coefficient (Wildman–Crippen LogP) is 5.94. The van der Waals surface area contributed by atoms with Crippen LogP contribution in [-0.4, -0.2) is 35.4 Å². The lowest BCUT2D eigenvalue weighted by Crippen LogP contribution is -2.27. The third-order valence-electron chi connectivity index (χ3n) is 5.93. The van der Waals surface area contributed by atoms with Gasteiger partial charge in [0.1, 0.15) is 5.75 Å². The Morgan fingerprint density at radius 3 is 2.68 bits per heavy atom. The number of hydrogen-bond donors (Lipinski definition) is 1. The highest BCUT2D eigenvalue weighted by molar-refractivity contribution is 8.18. The van der Waals surface area contributed by atoms with Crippen LogP contribution in [0.1, 0.15) is 22.3 Å². The van der Waals surface area contributed by atoms with Crippen LogP contribution in [0.15, 0.2) is 59.5 Å².